The van der Waals surface area contributed by atoms with Crippen LogP contribution in [0.1, 0.15) is 206 Å². The Balaban J connectivity index is 3.34. The lowest BCUT2D eigenvalue weighted by Crippen LogP contribution is -2.63. The lowest BCUT2D eigenvalue weighted by molar-refractivity contribution is -0.144. The van der Waals surface area contributed by atoms with Crippen LogP contribution < -0.4 is 102 Å². The Hall–Kier alpha value is -11.4. The van der Waals surface area contributed by atoms with Gasteiger partial charge >= 0.3 is 23.9 Å². The number of carboxylic acids is 4. The first kappa shape index (κ1) is 117. The van der Waals surface area contributed by atoms with Crippen LogP contribution in [0.2, 0.25) is 0 Å². The number of carbonyl (C=O) groups excluding carboxylic acids is 17. The molecule has 16 atom stereocenters. The van der Waals surface area contributed by atoms with Crippen molar-refractivity contribution in [3.05, 3.63) is 0 Å². The molecule has 0 aromatic heterocycles. The summed E-state index contributed by atoms with van der Waals surface area (Å²) >= 11 is 0. The second-order valence-corrected chi connectivity index (χ2v) is 34.5. The number of nitrogens with two attached hydrogens (primary N) is 3. The second kappa shape index (κ2) is 60.5. The van der Waals surface area contributed by atoms with E-state index in [9.17, 15) is 131 Å². The minimum atomic E-state index is -1.88. The van der Waals surface area contributed by atoms with Crippen LogP contribution in [-0.4, -0.2) is 314 Å². The summed E-state index contributed by atoms with van der Waals surface area (Å²) in [6.07, 6.45) is -3.45. The van der Waals surface area contributed by atoms with Gasteiger partial charge in [-0.3, -0.25) is 95.9 Å². The smallest absolute Gasteiger partial charge is 0.326 e. The van der Waals surface area contributed by atoms with Gasteiger partial charge in [-0.1, -0.05) is 83.1 Å². The van der Waals surface area contributed by atoms with Crippen LogP contribution in [0.5, 0.6) is 0 Å². The summed E-state index contributed by atoms with van der Waals surface area (Å²) in [6, 6.07) is -22.6. The van der Waals surface area contributed by atoms with Gasteiger partial charge in [-0.2, -0.15) is 0 Å². The summed E-state index contributed by atoms with van der Waals surface area (Å²) < 4.78 is 0. The van der Waals surface area contributed by atoms with Crippen LogP contribution in [-0.2, 0) is 101 Å². The largest absolute Gasteiger partial charge is 0.481 e. The van der Waals surface area contributed by atoms with Crippen LogP contribution in [0.3, 0.4) is 0 Å². The van der Waals surface area contributed by atoms with Gasteiger partial charge in [-0.25, -0.2) is 4.79 Å². The number of nitrogens with one attached hydrogen (secondary N) is 16. The van der Waals surface area contributed by atoms with Gasteiger partial charge in [0.2, 0.25) is 100 Å². The van der Waals surface area contributed by atoms with Crippen molar-refractivity contribution in [2.24, 2.45) is 52.7 Å². The predicted octanol–water partition coefficient (Wildman–Crippen LogP) is -7.25. The molecule has 0 radical (unpaired) electrons. The highest BCUT2D eigenvalue weighted by Gasteiger charge is 2.42. The zero-order chi connectivity index (χ0) is 99.1. The van der Waals surface area contributed by atoms with Crippen molar-refractivity contribution in [2.75, 3.05) is 52.5 Å². The molecule has 1 saturated heterocycles. The van der Waals surface area contributed by atoms with E-state index < -0.39 is 304 Å². The predicted molar refractivity (Wildman–Crippen MR) is 464 cm³/mol. The molecular weight excluding hydrogens is 1710 g/mol. The highest BCUT2D eigenvalue weighted by Crippen LogP contribution is 2.22. The summed E-state index contributed by atoms with van der Waals surface area (Å²) in [7, 11) is 0. The molecule has 0 saturated carbocycles. The van der Waals surface area contributed by atoms with Gasteiger partial charge in [-0.15, -0.1) is 0 Å². The quantitative estimate of drug-likeness (QED) is 0.0252. The molecule has 0 unspecified atom stereocenters. The van der Waals surface area contributed by atoms with E-state index in [0.717, 1.165) is 11.8 Å². The second-order valence-electron chi connectivity index (χ2n) is 34.5. The number of aliphatic carboxylic acids is 4. The summed E-state index contributed by atoms with van der Waals surface area (Å²) in [5.74, 6) is -25.0. The summed E-state index contributed by atoms with van der Waals surface area (Å²) in [5.41, 5.74) is 17.5. The number of hydrogen-bond acceptors (Lipinski definition) is 27. The SMILES string of the molecule is CC(C)C[C@H](NC(=O)[C@H](CCCCN)NC(=O)[C@H](CO)NC(=O)[C@H](CCCCN)NC(=O)[C@@H](N)CC(C)C)C(=O)NCC(=O)N[C@@H](CCC(=O)O)C(=O)N[C@@H](CC(C)C)C(=O)N[C@H](C(=O)N[C@H](C(=O)N[C@H](C(=O)N[C@@H](CO)C(=O)N[C@@H](CC(C)C)C(=O)N1CCC[C@H]1C(=O)NCC(=O)NCC(=O)N[C@@H](CCC(=O)O)C(=O)N[C@@H](CCC(=O)O)C(=O)O)C(C)C)[C@@H](C)O)C(C)C. The molecule has 48 heteroatoms. The normalized spacial score (nSPS) is 16.0. The molecule has 0 aliphatic carbocycles. The van der Waals surface area contributed by atoms with Crippen LogP contribution in [0, 0.1) is 35.5 Å². The minimum Gasteiger partial charge on any atom is -0.481 e. The number of aliphatic hydroxyl groups excluding tert-OH is 3. The average Bonchev–Trinajstić information content (AvgIpc) is 1.65. The number of amides is 17. The number of nitrogens with zero attached hydrogens (tertiary/aromatic N) is 1. The lowest BCUT2D eigenvalue weighted by Gasteiger charge is -2.31. The van der Waals surface area contributed by atoms with Gasteiger partial charge in [0.1, 0.15) is 84.6 Å². The summed E-state index contributed by atoms with van der Waals surface area (Å²) in [5, 5.41) is 108. The molecular formula is C82H142N20O28. The maximum absolute atomic E-state index is 14.4. The van der Waals surface area contributed by atoms with Crippen LogP contribution in [0.25, 0.3) is 0 Å². The Morgan fingerprint density at radius 3 is 1.07 bits per heavy atom. The lowest BCUT2D eigenvalue weighted by atomic mass is 9.98. The van der Waals surface area contributed by atoms with Crippen molar-refractivity contribution in [3.8, 4) is 0 Å². The molecule has 0 aromatic rings. The van der Waals surface area contributed by atoms with Gasteiger partial charge in [0.15, 0.2) is 0 Å². The fourth-order valence-electron chi connectivity index (χ4n) is 13.4. The number of hydrogen-bond donors (Lipinski definition) is 26. The van der Waals surface area contributed by atoms with Crippen LogP contribution in [0.15, 0.2) is 0 Å². The standard InChI is InChI=1S/C82H142N20O28/c1-40(2)31-47(85)68(115)91-48(19-14-16-28-83)71(118)97-56(38-103)75(122)92-49(20-15-17-29-84)70(117)94-53(32-41(3)4)69(116)87-37-61(108)90-51(23-26-63(111)112)73(120)95-54(33-42(5)6)74(121)99-66(45(11)12)79(126)101-67(46(13)105)80(127)100-65(44(9)10)78(125)98-57(39-104)76(123)96-55(34-43(7)8)81(128)102-30-18-21-58(102)77(124)88-35-59(106)86-36-60(107)89-50(22-25-62(109)110)72(119)93-52(82(129)130)24-27-64(113)114/h40-58,65-67,103-105H,14-39,83-85H2,1-13H3,(H,86,106)(H,87,116)(H,88,124)(H,89,107)(H,90,108)(H,91,115)(H,92,122)(H,93,119)(H,94,117)(H,95,120)(H,96,123)(H,97,118)(H,98,125)(H,99,121)(H,100,127)(H,101,126)(H,109,110)(H,111,112)(H,113,114)(H,129,130)/t46-,47+,48+,49+,50+,51+,52+,53+,54+,55+,56+,57+,58+,65+,66+,67+/m1/s1. The van der Waals surface area contributed by atoms with E-state index in [2.05, 4.69) is 79.8 Å². The van der Waals surface area contributed by atoms with Crippen molar-refractivity contribution < 1.29 is 136 Å². The molecule has 1 rings (SSSR count). The third-order valence-electron chi connectivity index (χ3n) is 20.4. The van der Waals surface area contributed by atoms with E-state index in [0.29, 0.717) is 25.7 Å². The third-order valence-corrected chi connectivity index (χ3v) is 20.4. The number of carboxylic acid groups (broad SMARTS) is 4. The molecule has 0 aromatic carbocycles. The molecule has 1 aliphatic rings. The molecule has 0 spiro atoms. The Morgan fingerprint density at radius 2 is 0.662 bits per heavy atom. The molecule has 1 heterocycles. The fourth-order valence-corrected chi connectivity index (χ4v) is 13.4. The number of aliphatic hydroxyl groups is 3. The molecule has 130 heavy (non-hydrogen) atoms. The fraction of sp³-hybridized carbons (Fsp3) is 0.744. The van der Waals surface area contributed by atoms with Crippen molar-refractivity contribution in [2.45, 2.75) is 302 Å². The molecule has 738 valence electrons. The van der Waals surface area contributed by atoms with E-state index in [1.165, 1.54) is 27.7 Å². The maximum Gasteiger partial charge on any atom is 0.326 e. The zero-order valence-electron chi connectivity index (χ0n) is 76.5. The number of likely N-dealkylation sites (tertiary alicyclic amines) is 1. The Labute approximate surface area is 755 Å². The highest BCUT2D eigenvalue weighted by atomic mass is 16.4. The average molecular weight is 1860 g/mol. The molecule has 1 aliphatic heterocycles. The molecule has 17 amide bonds. The first-order valence-electron chi connectivity index (χ1n) is 43.8. The maximum atomic E-state index is 14.4. The van der Waals surface area contributed by atoms with Crippen molar-refractivity contribution >= 4 is 124 Å². The molecule has 48 nitrogen and oxygen atoms in total. The van der Waals surface area contributed by atoms with E-state index in [1.54, 1.807) is 41.5 Å². The molecule has 29 N–H and O–H groups in total. The van der Waals surface area contributed by atoms with Crippen molar-refractivity contribution in [3.63, 3.8) is 0 Å². The Morgan fingerprint density at radius 1 is 0.338 bits per heavy atom. The van der Waals surface area contributed by atoms with Gasteiger partial charge in [0.25, 0.3) is 0 Å². The van der Waals surface area contributed by atoms with E-state index >= 15 is 0 Å². The van der Waals surface area contributed by atoms with Crippen LogP contribution >= 0.6 is 0 Å². The van der Waals surface area contributed by atoms with Gasteiger partial charge in [0, 0.05) is 25.8 Å². The van der Waals surface area contributed by atoms with Gasteiger partial charge in [0.05, 0.1) is 45.0 Å². The Bertz CT molecular complexity index is 3810. The molecule has 1 fully saturated rings. The van der Waals surface area contributed by atoms with Gasteiger partial charge in [-0.05, 0) is 152 Å². The zero-order valence-corrected chi connectivity index (χ0v) is 76.5. The number of unbranched alkanes of at least 4 members (excludes halogenated alkanes) is 2. The Kier molecular flexibility index (Phi) is 54.3. The summed E-state index contributed by atoms with van der Waals surface area (Å²) in [6.45, 7) is 16.9. The molecule has 0 bridgehead atoms. The van der Waals surface area contributed by atoms with Crippen LogP contribution in [0.4, 0.5) is 0 Å². The first-order chi connectivity index (χ1) is 60.8. The summed E-state index contributed by atoms with van der Waals surface area (Å²) in [4.78, 5) is 281. The minimum absolute atomic E-state index is 0.0177. The first-order valence-corrected chi connectivity index (χ1v) is 43.8. The van der Waals surface area contributed by atoms with E-state index in [-0.39, 0.29) is 94.7 Å². The van der Waals surface area contributed by atoms with Gasteiger partial charge < -0.3 is 143 Å². The van der Waals surface area contributed by atoms with Crippen molar-refractivity contribution in [1.82, 2.24) is 90.0 Å². The monoisotopic (exact) mass is 1860 g/mol. The number of rotatable bonds is 64. The third kappa shape index (κ3) is 44.8. The van der Waals surface area contributed by atoms with E-state index in [1.807, 2.05) is 19.2 Å². The van der Waals surface area contributed by atoms with Crippen molar-refractivity contribution in [1.29, 1.82) is 0 Å². The highest BCUT2D eigenvalue weighted by molar-refractivity contribution is 6.01. The topological polar surface area (TPSA) is 774 Å². The number of carbonyl (C=O) groups is 21. The van der Waals surface area contributed by atoms with E-state index in [4.69, 9.17) is 22.3 Å².